The van der Waals surface area contributed by atoms with Crippen LogP contribution < -0.4 is 14.5 Å². The van der Waals surface area contributed by atoms with Crippen molar-refractivity contribution in [2.24, 2.45) is 0 Å². The Morgan fingerprint density at radius 2 is 1.10 bits per heavy atom. The average molecular weight is 1100 g/mol. The zero-order valence-corrected chi connectivity index (χ0v) is 44.9. The Morgan fingerprint density at radius 3 is 1.77 bits per heavy atom. The third-order valence-corrected chi connectivity index (χ3v) is 13.5. The van der Waals surface area contributed by atoms with Gasteiger partial charge in [0.15, 0.2) is 0 Å². The number of anilines is 4. The maximum atomic E-state index is 6.73. The molecular weight excluding hydrogens is 1040 g/mol. The maximum absolute atomic E-state index is 6.73. The third-order valence-electron chi connectivity index (χ3n) is 13.5. The number of nitrogens with zero attached hydrogens (tertiary/aromatic N) is 4. The summed E-state index contributed by atoms with van der Waals surface area (Å²) in [6.45, 7) is 29.9. The molecule has 3 heterocycles. The van der Waals surface area contributed by atoms with E-state index < -0.39 is 0 Å². The van der Waals surface area contributed by atoms with Gasteiger partial charge in [0.05, 0.1) is 0 Å². The van der Waals surface area contributed by atoms with E-state index in [9.17, 15) is 0 Å². The molecule has 0 N–H and O–H groups in total. The quantitative estimate of drug-likeness (QED) is 0.149. The van der Waals surface area contributed by atoms with Crippen molar-refractivity contribution < 1.29 is 25.8 Å². The summed E-state index contributed by atoms with van der Waals surface area (Å²) in [5, 5.41) is 2.21. The molecule has 7 aromatic carbocycles. The predicted molar refractivity (Wildman–Crippen MR) is 290 cm³/mol. The average Bonchev–Trinajstić information content (AvgIpc) is 3.86. The number of hydrogen-bond donors (Lipinski definition) is 0. The Hall–Kier alpha value is -6.42. The molecule has 0 saturated carbocycles. The first-order valence-corrected chi connectivity index (χ1v) is 24.3. The second-order valence-electron chi connectivity index (χ2n) is 22.8. The normalized spacial score (nSPS) is 13.2. The molecule has 0 unspecified atom stereocenters. The fourth-order valence-electron chi connectivity index (χ4n) is 9.68. The molecule has 0 atom stereocenters. The maximum Gasteiger partial charge on any atom is 0.136 e. The molecule has 0 bridgehead atoms. The molecule has 70 heavy (non-hydrogen) atoms. The van der Waals surface area contributed by atoms with Crippen molar-refractivity contribution in [1.82, 2.24) is 9.55 Å². The molecule has 2 aromatic heterocycles. The molecule has 0 fully saturated rings. The molecule has 0 amide bonds. The fraction of sp³-hybridized carbons (Fsp3) is 0.250. The summed E-state index contributed by atoms with van der Waals surface area (Å²) in [7, 11) is 0. The van der Waals surface area contributed by atoms with E-state index in [1.54, 1.807) is 0 Å². The van der Waals surface area contributed by atoms with Crippen molar-refractivity contribution in [3.63, 3.8) is 0 Å². The van der Waals surface area contributed by atoms with Crippen LogP contribution in [0.25, 0.3) is 49.9 Å². The summed E-state index contributed by atoms with van der Waals surface area (Å²) < 4.78 is 8.97. The minimum atomic E-state index is -0.0958. The van der Waals surface area contributed by atoms with E-state index in [2.05, 4.69) is 250 Å². The van der Waals surface area contributed by atoms with Gasteiger partial charge in [0.2, 0.25) is 0 Å². The number of ether oxygens (including phenoxy) is 1. The van der Waals surface area contributed by atoms with Crippen LogP contribution in [0.5, 0.6) is 11.5 Å². The van der Waals surface area contributed by atoms with Crippen molar-refractivity contribution in [2.75, 3.05) is 9.80 Å². The Morgan fingerprint density at radius 1 is 0.486 bits per heavy atom. The van der Waals surface area contributed by atoms with Crippen LogP contribution in [0.15, 0.2) is 158 Å². The SMILES string of the molecule is CC(C)(C)c1cc(-c2ccccc2)cc(N2[CH-]N(c3[c-]c(Oc4[c-]c5c(cc4)c4ccccc4n5-c4cc(-c5c(C(C)(C)C)cc(C(C)(C)C)cc5C(C)(C)C)ccn4)ccc3)c3ccccc32)c1.[Pt]. The minimum absolute atomic E-state index is 0. The number of fused-ring (bicyclic) bond motifs is 4. The first kappa shape index (κ1) is 48.6. The number of benzene rings is 7. The Kier molecular flexibility index (Phi) is 12.5. The second kappa shape index (κ2) is 18.1. The Balaban J connectivity index is 0.00000608. The van der Waals surface area contributed by atoms with Crippen molar-refractivity contribution >= 4 is 44.6 Å². The Bertz CT molecular complexity index is 3360. The zero-order valence-electron chi connectivity index (χ0n) is 42.6. The molecular formula is C64H63N4OPt-3. The molecule has 5 nitrogen and oxygen atoms in total. The van der Waals surface area contributed by atoms with Gasteiger partial charge in [-0.3, -0.25) is 0 Å². The smallest absolute Gasteiger partial charge is 0.136 e. The number of hydrogen-bond acceptors (Lipinski definition) is 4. The van der Waals surface area contributed by atoms with E-state index in [1.165, 1.54) is 38.9 Å². The van der Waals surface area contributed by atoms with E-state index >= 15 is 0 Å². The molecule has 1 aliphatic rings. The van der Waals surface area contributed by atoms with Crippen molar-refractivity contribution in [3.8, 4) is 39.6 Å². The van der Waals surface area contributed by atoms with Gasteiger partial charge in [0.25, 0.3) is 0 Å². The summed E-state index contributed by atoms with van der Waals surface area (Å²) in [6, 6.07) is 61.5. The molecule has 358 valence electrons. The standard InChI is InChI=1S/C64H63N4O.Pt/c1-61(2,3)45-33-44(42-21-14-13-15-22-42)34-48(36-45)67-41-66(56-27-18-19-28-57(56)67)47-23-20-24-49(39-47)69-50-29-30-52-51-25-16-17-26-55(51)68(58(52)40-50)59-35-43(31-32-65-59)60-53(63(7,8)9)37-46(62(4,5)6)38-54(60)64(10,11)12;/h13-38,41H,1-12H3;/q-3;. The number of rotatable bonds is 7. The molecule has 1 aliphatic heterocycles. The van der Waals surface area contributed by atoms with Crippen molar-refractivity contribution in [1.29, 1.82) is 0 Å². The fourth-order valence-corrected chi connectivity index (χ4v) is 9.68. The molecule has 0 radical (unpaired) electrons. The molecule has 0 spiro atoms. The van der Waals surface area contributed by atoms with Crippen LogP contribution in [0.2, 0.25) is 0 Å². The summed E-state index contributed by atoms with van der Waals surface area (Å²) in [6.07, 6.45) is 1.96. The second-order valence-corrected chi connectivity index (χ2v) is 22.8. The van der Waals surface area contributed by atoms with E-state index in [0.717, 1.165) is 55.9 Å². The topological polar surface area (TPSA) is 33.5 Å². The summed E-state index contributed by atoms with van der Waals surface area (Å²) in [4.78, 5) is 9.57. The molecule has 6 heteroatoms. The van der Waals surface area contributed by atoms with Gasteiger partial charge >= 0.3 is 0 Å². The molecule has 9 aromatic rings. The van der Waals surface area contributed by atoms with Gasteiger partial charge in [-0.05, 0) is 114 Å². The van der Waals surface area contributed by atoms with E-state index in [1.807, 2.05) is 24.4 Å². The monoisotopic (exact) mass is 1100 g/mol. The third kappa shape index (κ3) is 9.22. The van der Waals surface area contributed by atoms with Gasteiger partial charge in [-0.25, -0.2) is 4.98 Å². The first-order valence-electron chi connectivity index (χ1n) is 24.3. The van der Waals surface area contributed by atoms with Crippen LogP contribution in [0.1, 0.15) is 105 Å². The Labute approximate surface area is 430 Å². The largest absolute Gasteiger partial charge is 0.509 e. The van der Waals surface area contributed by atoms with Crippen LogP contribution in [0.4, 0.5) is 22.7 Å². The van der Waals surface area contributed by atoms with E-state index in [4.69, 9.17) is 9.72 Å². The van der Waals surface area contributed by atoms with Crippen LogP contribution in [0, 0.1) is 18.8 Å². The van der Waals surface area contributed by atoms with Crippen molar-refractivity contribution in [3.05, 3.63) is 199 Å². The molecule has 0 aliphatic carbocycles. The summed E-state index contributed by atoms with van der Waals surface area (Å²) >= 11 is 0. The predicted octanol–water partition coefficient (Wildman–Crippen LogP) is 17.5. The number of pyridine rings is 1. The number of aromatic nitrogens is 2. The van der Waals surface area contributed by atoms with Crippen LogP contribution in [0.3, 0.4) is 0 Å². The van der Waals surface area contributed by atoms with Crippen LogP contribution >= 0.6 is 0 Å². The number of para-hydroxylation sites is 3. The van der Waals surface area contributed by atoms with E-state index in [0.29, 0.717) is 11.5 Å². The summed E-state index contributed by atoms with van der Waals surface area (Å²) in [5.41, 5.74) is 16.0. The first-order chi connectivity index (χ1) is 32.7. The molecule has 0 saturated heterocycles. The summed E-state index contributed by atoms with van der Waals surface area (Å²) in [5.74, 6) is 2.02. The van der Waals surface area contributed by atoms with Crippen LogP contribution in [-0.4, -0.2) is 9.55 Å². The van der Waals surface area contributed by atoms with Gasteiger partial charge in [-0.1, -0.05) is 167 Å². The van der Waals surface area contributed by atoms with Gasteiger partial charge in [-0.15, -0.1) is 48.1 Å². The minimum Gasteiger partial charge on any atom is -0.509 e. The molecule has 10 rings (SSSR count). The van der Waals surface area contributed by atoms with Gasteiger partial charge < -0.3 is 19.1 Å². The zero-order chi connectivity index (χ0) is 48.6. The van der Waals surface area contributed by atoms with Gasteiger partial charge in [0.1, 0.15) is 5.82 Å². The van der Waals surface area contributed by atoms with Gasteiger partial charge in [-0.2, -0.15) is 12.1 Å². The van der Waals surface area contributed by atoms with E-state index in [-0.39, 0.29) is 42.7 Å². The van der Waals surface area contributed by atoms with Gasteiger partial charge in [0, 0.05) is 61.3 Å². The van der Waals surface area contributed by atoms with Crippen LogP contribution in [-0.2, 0) is 42.7 Å². The van der Waals surface area contributed by atoms with Crippen molar-refractivity contribution in [2.45, 2.75) is 105 Å².